The maximum atomic E-state index is 13.1. The second kappa shape index (κ2) is 11.5. The summed E-state index contributed by atoms with van der Waals surface area (Å²) in [5.74, 6) is -1.80. The summed E-state index contributed by atoms with van der Waals surface area (Å²) in [5.41, 5.74) is 2.15. The summed E-state index contributed by atoms with van der Waals surface area (Å²) in [4.78, 5) is 61.6. The molecule has 1 heterocycles. The predicted molar refractivity (Wildman–Crippen MR) is 145 cm³/mol. The molecule has 2 N–H and O–H groups in total. The van der Waals surface area contributed by atoms with Crippen LogP contribution in [0.4, 0.5) is 21.9 Å². The Morgan fingerprint density at radius 1 is 1.05 bits per heavy atom. The number of barbiturate groups is 1. The lowest BCUT2D eigenvalue weighted by Gasteiger charge is -2.26. The number of rotatable bonds is 8. The molecule has 0 aromatic heterocycles. The van der Waals surface area contributed by atoms with Crippen LogP contribution < -0.4 is 25.0 Å². The molecule has 0 saturated carbocycles. The van der Waals surface area contributed by atoms with Crippen molar-refractivity contribution in [3.8, 4) is 11.5 Å². The van der Waals surface area contributed by atoms with Gasteiger partial charge in [-0.05, 0) is 60.9 Å². The number of nitrogens with zero attached hydrogens (tertiary/aromatic N) is 2. The van der Waals surface area contributed by atoms with Crippen LogP contribution in [0.2, 0.25) is 0 Å². The van der Waals surface area contributed by atoms with Crippen LogP contribution in [0, 0.1) is 24.0 Å². The van der Waals surface area contributed by atoms with E-state index in [1.807, 2.05) is 32.0 Å². The van der Waals surface area contributed by atoms with Gasteiger partial charge in [-0.3, -0.25) is 29.8 Å². The summed E-state index contributed by atoms with van der Waals surface area (Å²) < 4.78 is 11.0. The highest BCUT2D eigenvalue weighted by Crippen LogP contribution is 2.30. The SMILES string of the molecule is COc1cc(/C=C2/C(=O)NC(=O)N(c3cccc([N+](=O)[O-])c3)C2=O)ccc1OCC(=O)Nc1cc(C)ccc1C. The standard InChI is InChI=1S/C28H24N4O8/c1-16-7-8-17(2)22(11-16)29-25(33)15-40-23-10-9-18(13-24(23)39-3)12-21-26(34)30-28(36)31(27(21)35)19-5-4-6-20(14-19)32(37)38/h4-14H,15H2,1-3H3,(H,29,33)(H,30,34,36)/b21-12-. The number of nitro benzene ring substituents is 1. The Bertz CT molecular complexity index is 1580. The zero-order valence-electron chi connectivity index (χ0n) is 21.7. The monoisotopic (exact) mass is 544 g/mol. The van der Waals surface area contributed by atoms with Crippen LogP contribution in [-0.2, 0) is 14.4 Å². The van der Waals surface area contributed by atoms with Crippen LogP contribution in [0.5, 0.6) is 11.5 Å². The number of hydrogen-bond acceptors (Lipinski definition) is 8. The maximum Gasteiger partial charge on any atom is 0.335 e. The number of ether oxygens (including phenoxy) is 2. The number of nitro groups is 1. The van der Waals surface area contributed by atoms with E-state index in [1.54, 1.807) is 0 Å². The van der Waals surface area contributed by atoms with Gasteiger partial charge in [0.15, 0.2) is 18.1 Å². The fourth-order valence-corrected chi connectivity index (χ4v) is 3.90. The van der Waals surface area contributed by atoms with Crippen molar-refractivity contribution in [2.24, 2.45) is 0 Å². The lowest BCUT2D eigenvalue weighted by Crippen LogP contribution is -2.54. The molecule has 12 nitrogen and oxygen atoms in total. The Balaban J connectivity index is 1.53. The minimum atomic E-state index is -1.03. The third-order valence-corrected chi connectivity index (χ3v) is 5.93. The topological polar surface area (TPSA) is 157 Å². The summed E-state index contributed by atoms with van der Waals surface area (Å²) in [6, 6.07) is 14.1. The van der Waals surface area contributed by atoms with Crippen LogP contribution in [0.1, 0.15) is 16.7 Å². The number of anilines is 2. The molecule has 0 unspecified atom stereocenters. The van der Waals surface area contributed by atoms with Crippen molar-refractivity contribution in [1.82, 2.24) is 5.32 Å². The fourth-order valence-electron chi connectivity index (χ4n) is 3.90. The van der Waals surface area contributed by atoms with Crippen molar-refractivity contribution < 1.29 is 33.6 Å². The van der Waals surface area contributed by atoms with Crippen LogP contribution >= 0.6 is 0 Å². The van der Waals surface area contributed by atoms with E-state index < -0.39 is 22.8 Å². The van der Waals surface area contributed by atoms with Gasteiger partial charge in [0, 0.05) is 17.8 Å². The third-order valence-electron chi connectivity index (χ3n) is 5.93. The summed E-state index contributed by atoms with van der Waals surface area (Å²) in [7, 11) is 1.39. The molecule has 1 aliphatic rings. The maximum absolute atomic E-state index is 13.1. The predicted octanol–water partition coefficient (Wildman–Crippen LogP) is 3.90. The smallest absolute Gasteiger partial charge is 0.335 e. The number of hydrogen-bond donors (Lipinski definition) is 2. The molecule has 0 bridgehead atoms. The molecule has 1 saturated heterocycles. The zero-order valence-corrected chi connectivity index (χ0v) is 21.7. The second-order valence-corrected chi connectivity index (χ2v) is 8.80. The molecule has 40 heavy (non-hydrogen) atoms. The lowest BCUT2D eigenvalue weighted by molar-refractivity contribution is -0.384. The molecule has 204 valence electrons. The van der Waals surface area contributed by atoms with E-state index >= 15 is 0 Å². The molecule has 1 fully saturated rings. The van der Waals surface area contributed by atoms with E-state index in [9.17, 15) is 29.3 Å². The number of carbonyl (C=O) groups excluding carboxylic acids is 4. The number of non-ortho nitro benzene ring substituents is 1. The van der Waals surface area contributed by atoms with Gasteiger partial charge in [-0.15, -0.1) is 0 Å². The second-order valence-electron chi connectivity index (χ2n) is 8.80. The molecule has 0 atom stereocenters. The summed E-state index contributed by atoms with van der Waals surface area (Å²) in [5, 5.41) is 16.0. The fraction of sp³-hybridized carbons (Fsp3) is 0.143. The number of amides is 5. The molecular formula is C28H24N4O8. The number of methoxy groups -OCH3 is 1. The van der Waals surface area contributed by atoms with Crippen LogP contribution in [0.3, 0.4) is 0 Å². The first kappa shape index (κ1) is 27.5. The average molecular weight is 545 g/mol. The van der Waals surface area contributed by atoms with Crippen molar-refractivity contribution in [1.29, 1.82) is 0 Å². The quantitative estimate of drug-likeness (QED) is 0.187. The molecule has 5 amide bonds. The van der Waals surface area contributed by atoms with E-state index in [0.29, 0.717) is 16.2 Å². The van der Waals surface area contributed by atoms with E-state index in [0.717, 1.165) is 17.2 Å². The van der Waals surface area contributed by atoms with Gasteiger partial charge in [-0.1, -0.05) is 24.3 Å². The van der Waals surface area contributed by atoms with Gasteiger partial charge in [0.05, 0.1) is 17.7 Å². The summed E-state index contributed by atoms with van der Waals surface area (Å²) in [6.45, 7) is 3.49. The number of imide groups is 2. The normalized spacial score (nSPS) is 14.1. The van der Waals surface area contributed by atoms with Gasteiger partial charge in [-0.25, -0.2) is 9.69 Å². The zero-order chi connectivity index (χ0) is 29.0. The first-order chi connectivity index (χ1) is 19.1. The van der Waals surface area contributed by atoms with E-state index in [4.69, 9.17) is 9.47 Å². The van der Waals surface area contributed by atoms with Gasteiger partial charge >= 0.3 is 6.03 Å². The van der Waals surface area contributed by atoms with Gasteiger partial charge in [0.2, 0.25) is 0 Å². The summed E-state index contributed by atoms with van der Waals surface area (Å²) >= 11 is 0. The van der Waals surface area contributed by atoms with Crippen LogP contribution in [0.15, 0.2) is 66.2 Å². The molecule has 3 aromatic rings. The highest BCUT2D eigenvalue weighted by Gasteiger charge is 2.37. The molecule has 12 heteroatoms. The molecule has 4 rings (SSSR count). The molecule has 0 spiro atoms. The van der Waals surface area contributed by atoms with Crippen LogP contribution in [-0.4, -0.2) is 42.4 Å². The van der Waals surface area contributed by atoms with Crippen molar-refractivity contribution >= 4 is 46.9 Å². The first-order valence-electron chi connectivity index (χ1n) is 11.9. The molecular weight excluding hydrogens is 520 g/mol. The Hall–Kier alpha value is -5.52. The van der Waals surface area contributed by atoms with Crippen molar-refractivity contribution in [3.63, 3.8) is 0 Å². The molecule has 3 aromatic carbocycles. The molecule has 0 aliphatic carbocycles. The van der Waals surface area contributed by atoms with Gasteiger partial charge < -0.3 is 14.8 Å². The van der Waals surface area contributed by atoms with E-state index in [1.165, 1.54) is 49.6 Å². The highest BCUT2D eigenvalue weighted by atomic mass is 16.6. The minimum Gasteiger partial charge on any atom is -0.493 e. The van der Waals surface area contributed by atoms with Crippen molar-refractivity contribution in [2.45, 2.75) is 13.8 Å². The van der Waals surface area contributed by atoms with Crippen molar-refractivity contribution in [3.05, 3.63) is 93.0 Å². The number of nitrogens with one attached hydrogen (secondary N) is 2. The van der Waals surface area contributed by atoms with Crippen LogP contribution in [0.25, 0.3) is 6.08 Å². The van der Waals surface area contributed by atoms with Gasteiger partial charge in [-0.2, -0.15) is 0 Å². The highest BCUT2D eigenvalue weighted by molar-refractivity contribution is 6.39. The Labute approximate surface area is 228 Å². The Morgan fingerprint density at radius 3 is 2.55 bits per heavy atom. The largest absolute Gasteiger partial charge is 0.493 e. The Kier molecular flexibility index (Phi) is 7.89. The number of carbonyl (C=O) groups is 4. The average Bonchev–Trinajstić information content (AvgIpc) is 2.92. The van der Waals surface area contributed by atoms with E-state index in [-0.39, 0.29) is 41.0 Å². The first-order valence-corrected chi connectivity index (χ1v) is 11.9. The van der Waals surface area contributed by atoms with Gasteiger partial charge in [0.25, 0.3) is 23.4 Å². The number of urea groups is 1. The Morgan fingerprint density at radius 2 is 1.82 bits per heavy atom. The lowest BCUT2D eigenvalue weighted by atomic mass is 10.1. The van der Waals surface area contributed by atoms with Crippen molar-refractivity contribution in [2.75, 3.05) is 23.9 Å². The van der Waals surface area contributed by atoms with E-state index in [2.05, 4.69) is 10.6 Å². The number of aryl methyl sites for hydroxylation is 2. The molecule has 1 aliphatic heterocycles. The summed E-state index contributed by atoms with van der Waals surface area (Å²) in [6.07, 6.45) is 1.24. The minimum absolute atomic E-state index is 0.0736. The third kappa shape index (κ3) is 5.96. The molecule has 0 radical (unpaired) electrons. The van der Waals surface area contributed by atoms with Gasteiger partial charge in [0.1, 0.15) is 5.57 Å². The number of benzene rings is 3.